The molecule has 2 rings (SSSR count). The molecule has 0 spiro atoms. The van der Waals surface area contributed by atoms with Gasteiger partial charge in [0.05, 0.1) is 26.2 Å². The van der Waals surface area contributed by atoms with Crippen LogP contribution in [0.15, 0.2) is 42.5 Å². The molecule has 0 bridgehead atoms. The predicted octanol–water partition coefficient (Wildman–Crippen LogP) is 2.44. The standard InChI is InChI=1S/C18H21ClN2O5S/c1-25-16-9-8-14(10-17(16)26-2)21(27(3,23)24)12-18(22)20-11-13-6-4-5-7-15(13)19/h4-10H,11-12H2,1-3H3,(H,20,22). The predicted molar refractivity (Wildman–Crippen MR) is 105 cm³/mol. The van der Waals surface area contributed by atoms with E-state index in [2.05, 4.69) is 5.32 Å². The van der Waals surface area contributed by atoms with Crippen LogP contribution >= 0.6 is 11.6 Å². The summed E-state index contributed by atoms with van der Waals surface area (Å²) in [6.45, 7) is -0.180. The molecule has 2 aromatic carbocycles. The monoisotopic (exact) mass is 412 g/mol. The maximum Gasteiger partial charge on any atom is 0.241 e. The highest BCUT2D eigenvalue weighted by Gasteiger charge is 2.22. The smallest absolute Gasteiger partial charge is 0.241 e. The molecular formula is C18H21ClN2O5S. The molecule has 2 aromatic rings. The van der Waals surface area contributed by atoms with Gasteiger partial charge in [-0.25, -0.2) is 8.42 Å². The maximum atomic E-state index is 12.3. The van der Waals surface area contributed by atoms with E-state index >= 15 is 0 Å². The number of sulfonamides is 1. The second kappa shape index (κ2) is 8.96. The molecular weight excluding hydrogens is 392 g/mol. The van der Waals surface area contributed by atoms with Crippen molar-refractivity contribution in [2.45, 2.75) is 6.54 Å². The highest BCUT2D eigenvalue weighted by atomic mass is 35.5. The molecule has 146 valence electrons. The lowest BCUT2D eigenvalue weighted by molar-refractivity contribution is -0.119. The van der Waals surface area contributed by atoms with E-state index in [1.807, 2.05) is 0 Å². The molecule has 7 nitrogen and oxygen atoms in total. The summed E-state index contributed by atoms with van der Waals surface area (Å²) in [5.41, 5.74) is 1.03. The normalized spacial score (nSPS) is 11.0. The van der Waals surface area contributed by atoms with Crippen molar-refractivity contribution >= 4 is 33.2 Å². The zero-order valence-electron chi connectivity index (χ0n) is 15.2. The number of halogens is 1. The van der Waals surface area contributed by atoms with Crippen LogP contribution in [-0.2, 0) is 21.4 Å². The number of carbonyl (C=O) groups excluding carboxylic acids is 1. The minimum absolute atomic E-state index is 0.196. The first-order valence-corrected chi connectivity index (χ1v) is 10.2. The number of carbonyl (C=O) groups is 1. The van der Waals surface area contributed by atoms with Gasteiger partial charge in [0.15, 0.2) is 11.5 Å². The number of nitrogens with zero attached hydrogens (tertiary/aromatic N) is 1. The summed E-state index contributed by atoms with van der Waals surface area (Å²) in [6, 6.07) is 11.7. The van der Waals surface area contributed by atoms with E-state index in [0.29, 0.717) is 22.2 Å². The summed E-state index contributed by atoms with van der Waals surface area (Å²) in [6.07, 6.45) is 1.03. The van der Waals surface area contributed by atoms with E-state index in [-0.39, 0.29) is 13.1 Å². The highest BCUT2D eigenvalue weighted by molar-refractivity contribution is 7.92. The van der Waals surface area contributed by atoms with Gasteiger partial charge in [0, 0.05) is 17.6 Å². The van der Waals surface area contributed by atoms with E-state index < -0.39 is 15.9 Å². The summed E-state index contributed by atoms with van der Waals surface area (Å²) in [5, 5.41) is 3.20. The molecule has 0 radical (unpaired) electrons. The van der Waals surface area contributed by atoms with Gasteiger partial charge in [-0.2, -0.15) is 0 Å². The minimum Gasteiger partial charge on any atom is -0.493 e. The summed E-state index contributed by atoms with van der Waals surface area (Å²) in [4.78, 5) is 12.3. The fourth-order valence-electron chi connectivity index (χ4n) is 2.40. The SMILES string of the molecule is COc1ccc(N(CC(=O)NCc2ccccc2Cl)S(C)(=O)=O)cc1OC. The van der Waals surface area contributed by atoms with E-state index in [1.54, 1.807) is 36.4 Å². The van der Waals surface area contributed by atoms with Crippen LogP contribution in [0.4, 0.5) is 5.69 Å². The summed E-state index contributed by atoms with van der Waals surface area (Å²) < 4.78 is 35.8. The van der Waals surface area contributed by atoms with Crippen molar-refractivity contribution in [2.75, 3.05) is 31.3 Å². The van der Waals surface area contributed by atoms with Crippen LogP contribution < -0.4 is 19.1 Å². The Bertz CT molecular complexity index is 918. The van der Waals surface area contributed by atoms with E-state index in [1.165, 1.54) is 20.3 Å². The quantitative estimate of drug-likeness (QED) is 0.719. The number of ether oxygens (including phenoxy) is 2. The largest absolute Gasteiger partial charge is 0.493 e. The number of amides is 1. The first-order chi connectivity index (χ1) is 12.8. The average molecular weight is 413 g/mol. The Morgan fingerprint density at radius 2 is 1.78 bits per heavy atom. The van der Waals surface area contributed by atoms with Crippen LogP contribution in [-0.4, -0.2) is 41.3 Å². The lowest BCUT2D eigenvalue weighted by Crippen LogP contribution is -2.40. The molecule has 0 fully saturated rings. The van der Waals surface area contributed by atoms with Crippen LogP contribution in [0.2, 0.25) is 5.02 Å². The number of methoxy groups -OCH3 is 2. The Kier molecular flexibility index (Phi) is 6.92. The molecule has 0 unspecified atom stereocenters. The minimum atomic E-state index is -3.70. The third-order valence-electron chi connectivity index (χ3n) is 3.78. The second-order valence-corrected chi connectivity index (χ2v) is 7.99. The Morgan fingerprint density at radius 3 is 2.37 bits per heavy atom. The third-order valence-corrected chi connectivity index (χ3v) is 5.29. The van der Waals surface area contributed by atoms with Gasteiger partial charge in [-0.1, -0.05) is 29.8 Å². The van der Waals surface area contributed by atoms with Gasteiger partial charge < -0.3 is 14.8 Å². The fraction of sp³-hybridized carbons (Fsp3) is 0.278. The van der Waals surface area contributed by atoms with Gasteiger partial charge in [0.1, 0.15) is 6.54 Å². The fourth-order valence-corrected chi connectivity index (χ4v) is 3.45. The number of rotatable bonds is 8. The van der Waals surface area contributed by atoms with Crippen molar-refractivity contribution in [3.05, 3.63) is 53.1 Å². The summed E-state index contributed by atoms with van der Waals surface area (Å²) in [5.74, 6) is 0.355. The first-order valence-electron chi connectivity index (χ1n) is 7.96. The molecule has 0 aromatic heterocycles. The summed E-state index contributed by atoms with van der Waals surface area (Å²) in [7, 11) is -0.771. The maximum absolute atomic E-state index is 12.3. The molecule has 0 saturated heterocycles. The zero-order valence-corrected chi connectivity index (χ0v) is 16.8. The summed E-state index contributed by atoms with van der Waals surface area (Å²) >= 11 is 6.06. The lowest BCUT2D eigenvalue weighted by atomic mass is 10.2. The number of anilines is 1. The Hall–Kier alpha value is -2.45. The van der Waals surface area contributed by atoms with E-state index in [0.717, 1.165) is 16.1 Å². The Labute approximate surface area is 163 Å². The van der Waals surface area contributed by atoms with Crippen molar-refractivity contribution in [3.63, 3.8) is 0 Å². The number of nitrogens with one attached hydrogen (secondary N) is 1. The average Bonchev–Trinajstić information content (AvgIpc) is 2.64. The molecule has 0 heterocycles. The van der Waals surface area contributed by atoms with Crippen LogP contribution in [0.5, 0.6) is 11.5 Å². The molecule has 0 aliphatic rings. The number of hydrogen-bond acceptors (Lipinski definition) is 5. The molecule has 0 aliphatic heterocycles. The molecule has 9 heteroatoms. The van der Waals surface area contributed by atoms with Crippen molar-refractivity contribution < 1.29 is 22.7 Å². The molecule has 0 atom stereocenters. The van der Waals surface area contributed by atoms with Crippen LogP contribution in [0.25, 0.3) is 0 Å². The van der Waals surface area contributed by atoms with Gasteiger partial charge in [-0.3, -0.25) is 9.10 Å². The van der Waals surface area contributed by atoms with Crippen LogP contribution in [0.3, 0.4) is 0 Å². The third kappa shape index (κ3) is 5.51. The van der Waals surface area contributed by atoms with E-state index in [9.17, 15) is 13.2 Å². The van der Waals surface area contributed by atoms with Gasteiger partial charge in [-0.15, -0.1) is 0 Å². The first kappa shape index (κ1) is 20.9. The van der Waals surface area contributed by atoms with Crippen molar-refractivity contribution in [3.8, 4) is 11.5 Å². The Morgan fingerprint density at radius 1 is 1.11 bits per heavy atom. The van der Waals surface area contributed by atoms with Crippen LogP contribution in [0.1, 0.15) is 5.56 Å². The van der Waals surface area contributed by atoms with Crippen LogP contribution in [0, 0.1) is 0 Å². The molecule has 1 amide bonds. The second-order valence-electron chi connectivity index (χ2n) is 5.68. The van der Waals surface area contributed by atoms with Gasteiger partial charge in [-0.05, 0) is 23.8 Å². The van der Waals surface area contributed by atoms with Gasteiger partial charge >= 0.3 is 0 Å². The highest BCUT2D eigenvalue weighted by Crippen LogP contribution is 2.32. The Balaban J connectivity index is 2.18. The number of hydrogen-bond donors (Lipinski definition) is 1. The molecule has 1 N–H and O–H groups in total. The van der Waals surface area contributed by atoms with Gasteiger partial charge in [0.25, 0.3) is 0 Å². The van der Waals surface area contributed by atoms with Crippen molar-refractivity contribution in [1.82, 2.24) is 5.32 Å². The van der Waals surface area contributed by atoms with Crippen molar-refractivity contribution in [1.29, 1.82) is 0 Å². The zero-order chi connectivity index (χ0) is 20.0. The lowest BCUT2D eigenvalue weighted by Gasteiger charge is -2.23. The van der Waals surface area contributed by atoms with E-state index in [4.69, 9.17) is 21.1 Å². The molecule has 0 aliphatic carbocycles. The molecule has 27 heavy (non-hydrogen) atoms. The van der Waals surface area contributed by atoms with Crippen molar-refractivity contribution in [2.24, 2.45) is 0 Å². The van der Waals surface area contributed by atoms with Gasteiger partial charge in [0.2, 0.25) is 15.9 Å². The topological polar surface area (TPSA) is 84.9 Å². The molecule has 0 saturated carbocycles. The number of benzene rings is 2.